The molecule has 2 fully saturated rings. The topological polar surface area (TPSA) is 46.3 Å². The van der Waals surface area contributed by atoms with Crippen LogP contribution in [0.3, 0.4) is 0 Å². The van der Waals surface area contributed by atoms with Gasteiger partial charge in [-0.3, -0.25) is 4.79 Å². The van der Waals surface area contributed by atoms with Gasteiger partial charge < -0.3 is 10.6 Å². The van der Waals surface area contributed by atoms with Gasteiger partial charge >= 0.3 is 0 Å². The van der Waals surface area contributed by atoms with E-state index < -0.39 is 0 Å². The number of amides is 1. The molecular formula is C14H26N2O. The molecule has 0 saturated heterocycles. The molecule has 0 atom stereocenters. The van der Waals surface area contributed by atoms with Crippen LogP contribution in [0.15, 0.2) is 0 Å². The molecule has 98 valence electrons. The summed E-state index contributed by atoms with van der Waals surface area (Å²) >= 11 is 0. The molecule has 0 bridgehead atoms. The predicted octanol–water partition coefficient (Wildman–Crippen LogP) is 2.15. The van der Waals surface area contributed by atoms with E-state index in [0.717, 1.165) is 38.1 Å². The SMILES string of the molecule is CC(C)N(CC1CC1)C(=O)C1(CN)CCCC1. The van der Waals surface area contributed by atoms with Gasteiger partial charge in [-0.05, 0) is 45.4 Å². The first-order chi connectivity index (χ1) is 8.09. The second-order valence-corrected chi connectivity index (χ2v) is 6.19. The normalized spacial score (nSPS) is 23.1. The Morgan fingerprint density at radius 1 is 1.35 bits per heavy atom. The van der Waals surface area contributed by atoms with Crippen molar-refractivity contribution in [3.05, 3.63) is 0 Å². The van der Waals surface area contributed by atoms with Crippen LogP contribution in [0.25, 0.3) is 0 Å². The van der Waals surface area contributed by atoms with Crippen LogP contribution in [0.1, 0.15) is 52.4 Å². The summed E-state index contributed by atoms with van der Waals surface area (Å²) in [5.74, 6) is 1.09. The molecule has 0 aromatic rings. The summed E-state index contributed by atoms with van der Waals surface area (Å²) in [7, 11) is 0. The van der Waals surface area contributed by atoms with Crippen molar-refractivity contribution in [1.82, 2.24) is 4.90 Å². The van der Waals surface area contributed by atoms with E-state index in [0.29, 0.717) is 18.5 Å². The van der Waals surface area contributed by atoms with Gasteiger partial charge in [-0.15, -0.1) is 0 Å². The van der Waals surface area contributed by atoms with E-state index in [1.807, 2.05) is 0 Å². The smallest absolute Gasteiger partial charge is 0.230 e. The lowest BCUT2D eigenvalue weighted by atomic mass is 9.84. The van der Waals surface area contributed by atoms with Gasteiger partial charge in [-0.25, -0.2) is 0 Å². The van der Waals surface area contributed by atoms with E-state index in [2.05, 4.69) is 18.7 Å². The second kappa shape index (κ2) is 4.97. The third-order valence-electron chi connectivity index (χ3n) is 4.44. The average molecular weight is 238 g/mol. The molecule has 17 heavy (non-hydrogen) atoms. The van der Waals surface area contributed by atoms with Crippen molar-refractivity contribution in [2.45, 2.75) is 58.4 Å². The minimum Gasteiger partial charge on any atom is -0.339 e. The van der Waals surface area contributed by atoms with Gasteiger partial charge in [0.05, 0.1) is 5.41 Å². The number of nitrogens with zero attached hydrogens (tertiary/aromatic N) is 1. The average Bonchev–Trinajstić information content (AvgIpc) is 2.99. The highest BCUT2D eigenvalue weighted by Crippen LogP contribution is 2.40. The lowest BCUT2D eigenvalue weighted by molar-refractivity contribution is -0.143. The maximum Gasteiger partial charge on any atom is 0.230 e. The number of carbonyl (C=O) groups excluding carboxylic acids is 1. The minimum atomic E-state index is -0.223. The summed E-state index contributed by atoms with van der Waals surface area (Å²) in [6.45, 7) is 5.73. The van der Waals surface area contributed by atoms with Crippen LogP contribution in [0, 0.1) is 11.3 Å². The Labute approximate surface area is 105 Å². The van der Waals surface area contributed by atoms with E-state index in [-0.39, 0.29) is 5.41 Å². The summed E-state index contributed by atoms with van der Waals surface area (Å²) in [6, 6.07) is 0.312. The summed E-state index contributed by atoms with van der Waals surface area (Å²) < 4.78 is 0. The van der Waals surface area contributed by atoms with Crippen LogP contribution in [-0.2, 0) is 4.79 Å². The fraction of sp³-hybridized carbons (Fsp3) is 0.929. The molecule has 0 aromatic heterocycles. The number of hydrogen-bond donors (Lipinski definition) is 1. The lowest BCUT2D eigenvalue weighted by Gasteiger charge is -2.36. The van der Waals surface area contributed by atoms with Crippen LogP contribution in [-0.4, -0.2) is 29.9 Å². The molecule has 3 nitrogen and oxygen atoms in total. The van der Waals surface area contributed by atoms with Crippen molar-refractivity contribution in [2.75, 3.05) is 13.1 Å². The Balaban J connectivity index is 2.07. The second-order valence-electron chi connectivity index (χ2n) is 6.19. The number of rotatable bonds is 5. The third kappa shape index (κ3) is 2.65. The Bertz CT molecular complexity index is 278. The molecule has 2 aliphatic rings. The van der Waals surface area contributed by atoms with Crippen molar-refractivity contribution < 1.29 is 4.79 Å². The monoisotopic (exact) mass is 238 g/mol. The van der Waals surface area contributed by atoms with Gasteiger partial charge in [-0.1, -0.05) is 12.8 Å². The van der Waals surface area contributed by atoms with E-state index in [4.69, 9.17) is 5.73 Å². The molecule has 0 aromatic carbocycles. The predicted molar refractivity (Wildman–Crippen MR) is 69.5 cm³/mol. The summed E-state index contributed by atoms with van der Waals surface area (Å²) in [5.41, 5.74) is 5.68. The molecular weight excluding hydrogens is 212 g/mol. The van der Waals surface area contributed by atoms with Gasteiger partial charge in [0, 0.05) is 19.1 Å². The quantitative estimate of drug-likeness (QED) is 0.797. The highest BCUT2D eigenvalue weighted by Gasteiger charge is 2.43. The molecule has 0 spiro atoms. The van der Waals surface area contributed by atoms with E-state index in [1.54, 1.807) is 0 Å². The van der Waals surface area contributed by atoms with Crippen LogP contribution < -0.4 is 5.73 Å². The molecule has 1 amide bonds. The highest BCUT2D eigenvalue weighted by atomic mass is 16.2. The zero-order valence-corrected chi connectivity index (χ0v) is 11.2. The fourth-order valence-corrected chi connectivity index (χ4v) is 2.97. The molecule has 2 N–H and O–H groups in total. The van der Waals surface area contributed by atoms with Crippen molar-refractivity contribution >= 4 is 5.91 Å². The Morgan fingerprint density at radius 3 is 2.35 bits per heavy atom. The Kier molecular flexibility index (Phi) is 3.76. The maximum absolute atomic E-state index is 12.7. The first-order valence-electron chi connectivity index (χ1n) is 7.10. The zero-order chi connectivity index (χ0) is 12.5. The van der Waals surface area contributed by atoms with Gasteiger partial charge in [-0.2, -0.15) is 0 Å². The van der Waals surface area contributed by atoms with Crippen LogP contribution in [0.5, 0.6) is 0 Å². The van der Waals surface area contributed by atoms with Crippen molar-refractivity contribution in [3.63, 3.8) is 0 Å². The largest absolute Gasteiger partial charge is 0.339 e. The van der Waals surface area contributed by atoms with E-state index >= 15 is 0 Å². The molecule has 3 heteroatoms. The molecule has 0 heterocycles. The first kappa shape index (κ1) is 12.9. The van der Waals surface area contributed by atoms with Gasteiger partial charge in [0.1, 0.15) is 0 Å². The standard InChI is InChI=1S/C14H26N2O/c1-11(2)16(9-12-5-6-12)13(17)14(10-15)7-3-4-8-14/h11-12H,3-10,15H2,1-2H3. The van der Waals surface area contributed by atoms with Crippen molar-refractivity contribution in [2.24, 2.45) is 17.1 Å². The zero-order valence-electron chi connectivity index (χ0n) is 11.2. The van der Waals surface area contributed by atoms with Gasteiger partial charge in [0.15, 0.2) is 0 Å². The lowest BCUT2D eigenvalue weighted by Crippen LogP contribution is -2.50. The van der Waals surface area contributed by atoms with Gasteiger partial charge in [0.25, 0.3) is 0 Å². The first-order valence-corrected chi connectivity index (χ1v) is 7.10. The summed E-state index contributed by atoms with van der Waals surface area (Å²) in [4.78, 5) is 14.8. The molecule has 0 unspecified atom stereocenters. The molecule has 0 radical (unpaired) electrons. The van der Waals surface area contributed by atoms with Gasteiger partial charge in [0.2, 0.25) is 5.91 Å². The van der Waals surface area contributed by atoms with Crippen molar-refractivity contribution in [1.29, 1.82) is 0 Å². The summed E-state index contributed by atoms with van der Waals surface area (Å²) in [5, 5.41) is 0. The van der Waals surface area contributed by atoms with Crippen LogP contribution >= 0.6 is 0 Å². The number of carbonyl (C=O) groups is 1. The minimum absolute atomic E-state index is 0.223. The van der Waals surface area contributed by atoms with Crippen LogP contribution in [0.2, 0.25) is 0 Å². The Morgan fingerprint density at radius 2 is 1.94 bits per heavy atom. The van der Waals surface area contributed by atoms with Crippen LogP contribution in [0.4, 0.5) is 0 Å². The molecule has 2 aliphatic carbocycles. The number of hydrogen-bond acceptors (Lipinski definition) is 2. The summed E-state index contributed by atoms with van der Waals surface area (Å²) in [6.07, 6.45) is 6.92. The molecule has 0 aliphatic heterocycles. The van der Waals surface area contributed by atoms with E-state index in [9.17, 15) is 4.79 Å². The maximum atomic E-state index is 12.7. The highest BCUT2D eigenvalue weighted by molar-refractivity contribution is 5.83. The number of nitrogens with two attached hydrogens (primary N) is 1. The van der Waals surface area contributed by atoms with Crippen molar-refractivity contribution in [3.8, 4) is 0 Å². The molecule has 2 saturated carbocycles. The molecule has 2 rings (SSSR count). The Hall–Kier alpha value is -0.570. The third-order valence-corrected chi connectivity index (χ3v) is 4.44. The van der Waals surface area contributed by atoms with E-state index in [1.165, 1.54) is 12.8 Å². The fourth-order valence-electron chi connectivity index (χ4n) is 2.97.